The number of piperidine rings is 2. The van der Waals surface area contributed by atoms with E-state index in [1.165, 1.54) is 22.7 Å². The molecule has 75 heavy (non-hydrogen) atoms. The summed E-state index contributed by atoms with van der Waals surface area (Å²) in [5, 5.41) is 13.3. The summed E-state index contributed by atoms with van der Waals surface area (Å²) in [6.07, 6.45) is 7.44. The van der Waals surface area contributed by atoms with Crippen LogP contribution in [0.25, 0.3) is 43.7 Å². The third-order valence-corrected chi connectivity index (χ3v) is 16.3. The number of halogens is 2. The first kappa shape index (κ1) is 54.7. The van der Waals surface area contributed by atoms with Crippen molar-refractivity contribution in [2.45, 2.75) is 25.7 Å². The van der Waals surface area contributed by atoms with Gasteiger partial charge in [-0.15, -0.1) is 22.7 Å². The van der Waals surface area contributed by atoms with Gasteiger partial charge in [-0.05, 0) is 77.1 Å². The van der Waals surface area contributed by atoms with Crippen molar-refractivity contribution in [1.29, 1.82) is 0 Å². The summed E-state index contributed by atoms with van der Waals surface area (Å²) in [6.45, 7) is 9.03. The molecule has 6 aromatic rings. The van der Waals surface area contributed by atoms with Crippen molar-refractivity contribution < 1.29 is 29.1 Å². The van der Waals surface area contributed by atoms with E-state index in [0.717, 1.165) is 85.8 Å². The molecular formula is C53H60Cl2N12O6S2. The number of piperazine rings is 2. The second-order valence-electron chi connectivity index (χ2n) is 18.9. The molecule has 394 valence electrons. The lowest BCUT2D eigenvalue weighted by atomic mass is 9.96. The molecule has 4 fully saturated rings. The summed E-state index contributed by atoms with van der Waals surface area (Å²) in [7, 11) is 4.16. The minimum absolute atomic E-state index is 0.0932. The summed E-state index contributed by atoms with van der Waals surface area (Å²) in [5.74, 6) is -0.484. The fourth-order valence-electron chi connectivity index (χ4n) is 9.97. The van der Waals surface area contributed by atoms with Gasteiger partial charge in [-0.1, -0.05) is 59.6 Å². The van der Waals surface area contributed by atoms with Crippen molar-refractivity contribution in [3.05, 3.63) is 105 Å². The normalized spacial score (nSPS) is 18.3. The number of rotatable bonds is 10. The number of carbonyl (C=O) groups excluding carboxylic acids is 4. The number of amides is 4. The van der Waals surface area contributed by atoms with E-state index in [-0.39, 0.29) is 41.5 Å². The molecule has 0 spiro atoms. The van der Waals surface area contributed by atoms with Gasteiger partial charge in [-0.2, -0.15) is 0 Å². The van der Waals surface area contributed by atoms with Gasteiger partial charge in [0.15, 0.2) is 0 Å². The molecule has 2 aromatic carbocycles. The molecule has 0 bridgehead atoms. The number of hydrogen-bond donors (Lipinski definition) is 3. The SMILES string of the molecule is CN1CCCC(C(=O)N2CCN(c3cnc(C(N)=O)c(-c4nc(-c5ccccc5Cl)cs4)c3)CC2)C1.CN1CCCC(C(=O)N2CCN(c3cnc(C(N)=O)c(-c4nc(-c5ccccc5Cl)cs4)c3)CC2)C1.O=CO. The van der Waals surface area contributed by atoms with Crippen LogP contribution >= 0.6 is 45.9 Å². The van der Waals surface area contributed by atoms with E-state index in [1.54, 1.807) is 12.4 Å². The number of benzene rings is 2. The monoisotopic (exact) mass is 1090 g/mol. The first-order valence-corrected chi connectivity index (χ1v) is 27.3. The van der Waals surface area contributed by atoms with Crippen molar-refractivity contribution in [1.82, 2.24) is 39.5 Å². The maximum absolute atomic E-state index is 13.0. The fourth-order valence-corrected chi connectivity index (χ4v) is 12.1. The Bertz CT molecular complexity index is 2800. The molecule has 4 aromatic heterocycles. The van der Waals surface area contributed by atoms with Gasteiger partial charge < -0.3 is 46.0 Å². The minimum atomic E-state index is -0.598. The second-order valence-corrected chi connectivity index (χ2v) is 21.4. The topological polar surface area (TPSA) is 229 Å². The highest BCUT2D eigenvalue weighted by atomic mass is 35.5. The Kier molecular flexibility index (Phi) is 18.5. The van der Waals surface area contributed by atoms with E-state index in [0.29, 0.717) is 83.5 Å². The summed E-state index contributed by atoms with van der Waals surface area (Å²) in [5.41, 5.74) is 17.8. The molecule has 18 nitrogen and oxygen atoms in total. The number of carboxylic acid groups (broad SMARTS) is 1. The van der Waals surface area contributed by atoms with E-state index in [2.05, 4.69) is 43.7 Å². The number of thiazole rings is 2. The number of aromatic nitrogens is 4. The average molecular weight is 1100 g/mol. The zero-order valence-corrected chi connectivity index (χ0v) is 45.0. The highest BCUT2D eigenvalue weighted by Gasteiger charge is 2.32. The fraction of sp³-hybridized carbons (Fsp3) is 0.377. The molecule has 4 aliphatic heterocycles. The van der Waals surface area contributed by atoms with Crippen molar-refractivity contribution in [3.63, 3.8) is 0 Å². The van der Waals surface area contributed by atoms with E-state index in [4.69, 9.17) is 54.5 Å². The smallest absolute Gasteiger partial charge is 0.290 e. The molecule has 2 atom stereocenters. The summed E-state index contributed by atoms with van der Waals surface area (Å²) >= 11 is 15.5. The van der Waals surface area contributed by atoms with Crippen LogP contribution in [0, 0.1) is 11.8 Å². The Morgan fingerprint density at radius 2 is 0.973 bits per heavy atom. The lowest BCUT2D eigenvalue weighted by Crippen LogP contribution is -2.52. The predicted molar refractivity (Wildman–Crippen MR) is 295 cm³/mol. The summed E-state index contributed by atoms with van der Waals surface area (Å²) in [6, 6.07) is 18.9. The molecular weight excluding hydrogens is 1040 g/mol. The number of carbonyl (C=O) groups is 5. The van der Waals surface area contributed by atoms with Gasteiger partial charge in [-0.25, -0.2) is 19.9 Å². The predicted octanol–water partition coefficient (Wildman–Crippen LogP) is 6.93. The first-order chi connectivity index (χ1) is 36.2. The van der Waals surface area contributed by atoms with E-state index >= 15 is 0 Å². The first-order valence-electron chi connectivity index (χ1n) is 24.8. The number of nitrogens with two attached hydrogens (primary N) is 2. The van der Waals surface area contributed by atoms with Gasteiger partial charge in [0.25, 0.3) is 18.3 Å². The summed E-state index contributed by atoms with van der Waals surface area (Å²) < 4.78 is 0. The zero-order chi connectivity index (χ0) is 53.2. The van der Waals surface area contributed by atoms with Crippen LogP contribution in [-0.2, 0) is 14.4 Å². The van der Waals surface area contributed by atoms with Gasteiger partial charge in [0.05, 0.1) is 47.0 Å². The molecule has 4 saturated heterocycles. The average Bonchev–Trinajstić information content (AvgIpc) is 4.13. The van der Waals surface area contributed by atoms with Crippen molar-refractivity contribution in [3.8, 4) is 43.7 Å². The molecule has 10 rings (SSSR count). The van der Waals surface area contributed by atoms with Crippen LogP contribution in [-0.4, -0.2) is 167 Å². The maximum atomic E-state index is 13.0. The van der Waals surface area contributed by atoms with Crippen LogP contribution < -0.4 is 21.3 Å². The van der Waals surface area contributed by atoms with Crippen LogP contribution in [0.1, 0.15) is 46.7 Å². The molecule has 0 saturated carbocycles. The van der Waals surface area contributed by atoms with Gasteiger partial charge in [0, 0.05) is 109 Å². The Balaban J connectivity index is 0.000000189. The van der Waals surface area contributed by atoms with Crippen LogP contribution in [0.5, 0.6) is 0 Å². The Morgan fingerprint density at radius 3 is 1.32 bits per heavy atom. The Labute approximate surface area is 453 Å². The molecule has 22 heteroatoms. The van der Waals surface area contributed by atoms with Crippen LogP contribution in [0.2, 0.25) is 10.0 Å². The van der Waals surface area contributed by atoms with Gasteiger partial charge in [-0.3, -0.25) is 24.0 Å². The van der Waals surface area contributed by atoms with Crippen molar-refractivity contribution >= 4 is 87.4 Å². The van der Waals surface area contributed by atoms with Crippen LogP contribution in [0.3, 0.4) is 0 Å². The summed E-state index contributed by atoms with van der Waals surface area (Å²) in [4.78, 5) is 89.9. The van der Waals surface area contributed by atoms with Crippen molar-refractivity contribution in [2.24, 2.45) is 23.3 Å². The van der Waals surface area contributed by atoms with Gasteiger partial charge in [0.1, 0.15) is 21.4 Å². The standard InChI is InChI=1S/2C26H29ClN6O2S.CH2O2/c2*1-31-8-4-5-17(15-31)26(35)33-11-9-32(10-12-33)18-13-20(23(24(28)34)29-14-18)25-30-22(16-36-25)19-6-2-3-7-21(19)27;2-1-3/h2*2-3,6-7,13-14,16-17H,4-5,8-12,15H2,1H3,(H2,28,34);1H,(H,2,3). The highest BCUT2D eigenvalue weighted by molar-refractivity contribution is 7.13. The van der Waals surface area contributed by atoms with E-state index < -0.39 is 11.8 Å². The molecule has 8 heterocycles. The van der Waals surface area contributed by atoms with Gasteiger partial charge >= 0.3 is 0 Å². The third-order valence-electron chi connectivity index (χ3n) is 13.8. The van der Waals surface area contributed by atoms with E-state index in [1.807, 2.05) is 81.2 Å². The third kappa shape index (κ3) is 13.3. The molecule has 5 N–H and O–H groups in total. The lowest BCUT2D eigenvalue weighted by Gasteiger charge is -2.39. The molecule has 4 aliphatic rings. The van der Waals surface area contributed by atoms with E-state index in [9.17, 15) is 19.2 Å². The quantitative estimate of drug-likeness (QED) is 0.118. The van der Waals surface area contributed by atoms with Gasteiger partial charge in [0.2, 0.25) is 11.8 Å². The number of primary amides is 2. The molecule has 2 unspecified atom stereocenters. The zero-order valence-electron chi connectivity index (χ0n) is 41.8. The van der Waals surface area contributed by atoms with Crippen LogP contribution in [0.15, 0.2) is 83.8 Å². The number of pyridine rings is 2. The second kappa shape index (κ2) is 25.3. The number of hydrogen-bond acceptors (Lipinski definition) is 15. The number of anilines is 2. The minimum Gasteiger partial charge on any atom is -0.483 e. The molecule has 0 radical (unpaired) electrons. The Hall–Kier alpha value is -6.55. The number of nitrogens with zero attached hydrogens (tertiary/aromatic N) is 10. The molecule has 4 amide bonds. The highest BCUT2D eigenvalue weighted by Crippen LogP contribution is 2.37. The van der Waals surface area contributed by atoms with Crippen molar-refractivity contribution in [2.75, 3.05) is 102 Å². The maximum Gasteiger partial charge on any atom is 0.290 e. The van der Waals surface area contributed by atoms with Crippen LogP contribution in [0.4, 0.5) is 11.4 Å². The largest absolute Gasteiger partial charge is 0.483 e. The Morgan fingerprint density at radius 1 is 0.600 bits per heavy atom. The lowest BCUT2D eigenvalue weighted by molar-refractivity contribution is -0.138. The molecule has 0 aliphatic carbocycles. The number of likely N-dealkylation sites (tertiary alicyclic amines) is 2.